The predicted molar refractivity (Wildman–Crippen MR) is 85.9 cm³/mol. The fraction of sp³-hybridized carbons (Fsp3) is 0.286. The Hall–Kier alpha value is -1.57. The van der Waals surface area contributed by atoms with Crippen molar-refractivity contribution in [1.29, 1.82) is 0 Å². The molecule has 122 valence electrons. The van der Waals surface area contributed by atoms with E-state index in [4.69, 9.17) is 23.2 Å². The van der Waals surface area contributed by atoms with Gasteiger partial charge in [0.2, 0.25) is 5.91 Å². The maximum Gasteiger partial charge on any atom is 0.352 e. The van der Waals surface area contributed by atoms with Gasteiger partial charge in [0, 0.05) is 5.75 Å². The van der Waals surface area contributed by atoms with Gasteiger partial charge >= 0.3 is 5.97 Å². The Morgan fingerprint density at radius 1 is 1.35 bits per heavy atom. The van der Waals surface area contributed by atoms with Crippen LogP contribution >= 0.6 is 35.0 Å². The van der Waals surface area contributed by atoms with E-state index in [1.54, 1.807) is 0 Å². The minimum Gasteiger partial charge on any atom is -0.503 e. The van der Waals surface area contributed by atoms with Gasteiger partial charge in [-0.25, -0.2) is 4.79 Å². The summed E-state index contributed by atoms with van der Waals surface area (Å²) in [5.41, 5.74) is 0.854. The van der Waals surface area contributed by atoms with Gasteiger partial charge in [0.25, 0.3) is 0 Å². The maximum atomic E-state index is 11.7. The van der Waals surface area contributed by atoms with Crippen LogP contribution in [-0.2, 0) is 16.0 Å². The fourth-order valence-electron chi connectivity index (χ4n) is 2.63. The molecule has 6 nitrogen and oxygen atoms in total. The Balaban J connectivity index is 2.03. The van der Waals surface area contributed by atoms with Crippen LogP contribution in [0.5, 0.6) is 11.5 Å². The van der Waals surface area contributed by atoms with Crippen LogP contribution < -0.4 is 0 Å². The molecular weight excluding hydrogens is 365 g/mol. The number of hydrogen-bond donors (Lipinski definition) is 3. The fourth-order valence-corrected chi connectivity index (χ4v) is 4.32. The first-order valence-electron chi connectivity index (χ1n) is 6.59. The monoisotopic (exact) mass is 375 g/mol. The van der Waals surface area contributed by atoms with Gasteiger partial charge in [0.15, 0.2) is 11.5 Å². The van der Waals surface area contributed by atoms with E-state index in [0.29, 0.717) is 23.3 Å². The highest BCUT2D eigenvalue weighted by Gasteiger charge is 2.45. The number of carbonyl (C=O) groups is 2. The average molecular weight is 376 g/mol. The summed E-state index contributed by atoms with van der Waals surface area (Å²) in [6.07, 6.45) is 0.443. The van der Waals surface area contributed by atoms with Gasteiger partial charge in [-0.05, 0) is 23.6 Å². The number of β-lactam (4-membered cyclic amide) rings is 1. The Bertz CT molecular complexity index is 764. The van der Waals surface area contributed by atoms with Gasteiger partial charge in [-0.1, -0.05) is 23.2 Å². The number of thioether (sulfide) groups is 1. The molecule has 23 heavy (non-hydrogen) atoms. The molecule has 3 N–H and O–H groups in total. The van der Waals surface area contributed by atoms with Crippen molar-refractivity contribution in [3.8, 4) is 11.5 Å². The van der Waals surface area contributed by atoms with Crippen LogP contribution in [0, 0.1) is 0 Å². The van der Waals surface area contributed by atoms with Crippen molar-refractivity contribution in [2.75, 3.05) is 5.75 Å². The first-order valence-corrected chi connectivity index (χ1v) is 8.39. The molecule has 3 rings (SSSR count). The van der Waals surface area contributed by atoms with Crippen LogP contribution in [0.3, 0.4) is 0 Å². The van der Waals surface area contributed by atoms with Crippen molar-refractivity contribution in [3.05, 3.63) is 32.9 Å². The molecule has 0 aliphatic carbocycles. The lowest BCUT2D eigenvalue weighted by Crippen LogP contribution is -2.54. The highest BCUT2D eigenvalue weighted by Crippen LogP contribution is 2.44. The molecule has 0 bridgehead atoms. The number of phenolic OH excluding ortho intramolecular Hbond substituents is 2. The zero-order valence-corrected chi connectivity index (χ0v) is 13.9. The zero-order valence-electron chi connectivity index (χ0n) is 11.5. The Morgan fingerprint density at radius 3 is 2.65 bits per heavy atom. The number of aliphatic carboxylic acids is 1. The van der Waals surface area contributed by atoms with Crippen molar-refractivity contribution >= 4 is 46.8 Å². The highest BCUT2D eigenvalue weighted by molar-refractivity contribution is 8.00. The number of aromatic hydroxyl groups is 2. The molecule has 0 spiro atoms. The summed E-state index contributed by atoms with van der Waals surface area (Å²) >= 11 is 13.3. The summed E-state index contributed by atoms with van der Waals surface area (Å²) in [5.74, 6) is -2.04. The van der Waals surface area contributed by atoms with Gasteiger partial charge in [0.05, 0.1) is 21.8 Å². The molecule has 2 aliphatic rings. The molecule has 0 aromatic heterocycles. The molecule has 9 heteroatoms. The first-order chi connectivity index (χ1) is 10.8. The van der Waals surface area contributed by atoms with Crippen molar-refractivity contribution in [2.24, 2.45) is 0 Å². The van der Waals surface area contributed by atoms with Crippen molar-refractivity contribution in [2.45, 2.75) is 18.2 Å². The van der Waals surface area contributed by atoms with Crippen molar-refractivity contribution in [3.63, 3.8) is 0 Å². The second kappa shape index (κ2) is 5.81. The number of carboxylic acids is 1. The zero-order chi connectivity index (χ0) is 16.9. The van der Waals surface area contributed by atoms with E-state index >= 15 is 0 Å². The van der Waals surface area contributed by atoms with E-state index in [2.05, 4.69) is 0 Å². The summed E-state index contributed by atoms with van der Waals surface area (Å²) in [4.78, 5) is 24.5. The summed E-state index contributed by atoms with van der Waals surface area (Å²) in [5, 5.41) is 28.4. The van der Waals surface area contributed by atoms with Crippen LogP contribution in [0.1, 0.15) is 12.0 Å². The average Bonchev–Trinajstić information content (AvgIpc) is 2.50. The molecule has 1 amide bonds. The van der Waals surface area contributed by atoms with Gasteiger partial charge < -0.3 is 15.3 Å². The lowest BCUT2D eigenvalue weighted by Gasteiger charge is -2.44. The number of fused-ring (bicyclic) bond motifs is 1. The largest absolute Gasteiger partial charge is 0.503 e. The molecule has 0 saturated carbocycles. The molecule has 1 saturated heterocycles. The van der Waals surface area contributed by atoms with E-state index < -0.39 is 17.5 Å². The molecule has 0 unspecified atom stereocenters. The lowest BCUT2D eigenvalue weighted by molar-refractivity contribution is -0.146. The van der Waals surface area contributed by atoms with Crippen LogP contribution in [0.15, 0.2) is 17.3 Å². The first kappa shape index (κ1) is 16.3. The van der Waals surface area contributed by atoms with Gasteiger partial charge in [-0.2, -0.15) is 0 Å². The van der Waals surface area contributed by atoms with Gasteiger partial charge in [0.1, 0.15) is 5.70 Å². The van der Waals surface area contributed by atoms with E-state index in [9.17, 15) is 24.9 Å². The minimum absolute atomic E-state index is 0.0373. The molecule has 1 atom stereocenters. The lowest BCUT2D eigenvalue weighted by atomic mass is 10.0. The van der Waals surface area contributed by atoms with Gasteiger partial charge in [-0.3, -0.25) is 9.69 Å². The molecule has 0 radical (unpaired) electrons. The number of carboxylic acid groups (broad SMARTS) is 1. The number of phenols is 2. The number of halogens is 2. The minimum atomic E-state index is -1.18. The van der Waals surface area contributed by atoms with E-state index in [-0.39, 0.29) is 33.4 Å². The Kier molecular flexibility index (Phi) is 4.12. The summed E-state index contributed by atoms with van der Waals surface area (Å²) in [7, 11) is 0. The number of hydrogen-bond acceptors (Lipinski definition) is 5. The van der Waals surface area contributed by atoms with E-state index in [1.165, 1.54) is 22.7 Å². The summed E-state index contributed by atoms with van der Waals surface area (Å²) in [6, 6.07) is 1.38. The van der Waals surface area contributed by atoms with Crippen molar-refractivity contribution < 1.29 is 24.9 Å². The van der Waals surface area contributed by atoms with Gasteiger partial charge in [-0.15, -0.1) is 11.8 Å². The third-order valence-corrected chi connectivity index (χ3v) is 5.77. The number of carbonyl (C=O) groups excluding carboxylic acids is 1. The van der Waals surface area contributed by atoms with Crippen LogP contribution in [0.2, 0.25) is 10.0 Å². The van der Waals surface area contributed by atoms with Crippen LogP contribution in [-0.4, -0.2) is 43.2 Å². The molecule has 1 aromatic carbocycles. The molecule has 2 aliphatic heterocycles. The SMILES string of the molecule is O=C(O)C1=C(Cc2cc(Cl)c(O)c(O)c2Cl)CS[C@@H]2CC(=O)N12. The third-order valence-electron chi connectivity index (χ3n) is 3.78. The maximum absolute atomic E-state index is 11.7. The molecule has 1 fully saturated rings. The number of rotatable bonds is 3. The second-order valence-electron chi connectivity index (χ2n) is 5.20. The quantitative estimate of drug-likeness (QED) is 0.554. The smallest absolute Gasteiger partial charge is 0.352 e. The number of amides is 1. The van der Waals surface area contributed by atoms with Crippen LogP contribution in [0.25, 0.3) is 0 Å². The van der Waals surface area contributed by atoms with E-state index in [0.717, 1.165) is 0 Å². The molecule has 1 aromatic rings. The summed E-state index contributed by atoms with van der Waals surface area (Å²) in [6.45, 7) is 0. The number of benzene rings is 1. The molecule has 2 heterocycles. The predicted octanol–water partition coefficient (Wildman–Crippen LogP) is 2.59. The topological polar surface area (TPSA) is 98.1 Å². The van der Waals surface area contributed by atoms with E-state index in [1.807, 2.05) is 0 Å². The normalized spacial score (nSPS) is 20.3. The van der Waals surface area contributed by atoms with Crippen LogP contribution in [0.4, 0.5) is 0 Å². The Morgan fingerprint density at radius 2 is 2.04 bits per heavy atom. The summed E-state index contributed by atoms with van der Waals surface area (Å²) < 4.78 is 0. The number of nitrogens with zero attached hydrogens (tertiary/aromatic N) is 1. The molecular formula is C14H11Cl2NO5S. The second-order valence-corrected chi connectivity index (χ2v) is 7.15. The Labute approximate surface area is 145 Å². The third kappa shape index (κ3) is 2.62. The van der Waals surface area contributed by atoms with Crippen molar-refractivity contribution in [1.82, 2.24) is 4.90 Å². The standard InChI is InChI=1S/C14H11Cl2NO5S/c15-7-2-5(10(16)13(20)12(7)19)1-6-4-23-9-3-8(18)17(9)11(6)14(21)22/h2,9,19-20H,1,3-4H2,(H,21,22)/t9-/m1/s1. The highest BCUT2D eigenvalue weighted by atomic mass is 35.5.